The van der Waals surface area contributed by atoms with Crippen molar-refractivity contribution in [2.45, 2.75) is 19.4 Å². The first kappa shape index (κ1) is 20.0. The maximum Gasteiger partial charge on any atom is 0.253 e. The molecule has 28 heavy (non-hydrogen) atoms. The molecule has 148 valence electrons. The number of para-hydroxylation sites is 1. The largest absolute Gasteiger partial charge is 0.351 e. The monoisotopic (exact) mass is 380 g/mol. The van der Waals surface area contributed by atoms with Gasteiger partial charge < -0.3 is 16.4 Å². The number of nitrogens with zero attached hydrogens (tertiary/aromatic N) is 1. The standard InChI is InChI=1S/C22H28N4O2/c23-12-13-24-22(28)19-10-4-5-11-20(19)25-21(27)18-9-6-14-26(16-18)15-17-7-2-1-3-8-17/h1-5,7-8,10-11,18H,6,9,12-16,23H2,(H,24,28)(H,25,27). The minimum atomic E-state index is -0.226. The van der Waals surface area contributed by atoms with Crippen LogP contribution in [0.5, 0.6) is 0 Å². The fraction of sp³-hybridized carbons (Fsp3) is 0.364. The maximum atomic E-state index is 12.9. The molecule has 2 amide bonds. The number of piperidine rings is 1. The van der Waals surface area contributed by atoms with Crippen LogP contribution in [0.15, 0.2) is 54.6 Å². The van der Waals surface area contributed by atoms with Crippen molar-refractivity contribution in [3.05, 3.63) is 65.7 Å². The van der Waals surface area contributed by atoms with E-state index in [0.29, 0.717) is 24.3 Å². The molecule has 0 bridgehead atoms. The second-order valence-corrected chi connectivity index (χ2v) is 7.14. The van der Waals surface area contributed by atoms with E-state index in [-0.39, 0.29) is 17.7 Å². The van der Waals surface area contributed by atoms with E-state index < -0.39 is 0 Å². The number of hydrogen-bond acceptors (Lipinski definition) is 4. The summed E-state index contributed by atoms with van der Waals surface area (Å²) in [6, 6.07) is 17.4. The first-order chi connectivity index (χ1) is 13.7. The van der Waals surface area contributed by atoms with Crippen molar-refractivity contribution < 1.29 is 9.59 Å². The number of carbonyl (C=O) groups is 2. The van der Waals surface area contributed by atoms with E-state index in [4.69, 9.17) is 5.73 Å². The second kappa shape index (κ2) is 10.0. The van der Waals surface area contributed by atoms with Crippen LogP contribution in [0.2, 0.25) is 0 Å². The second-order valence-electron chi connectivity index (χ2n) is 7.14. The van der Waals surface area contributed by atoms with Gasteiger partial charge in [-0.1, -0.05) is 42.5 Å². The topological polar surface area (TPSA) is 87.5 Å². The molecule has 3 rings (SSSR count). The van der Waals surface area contributed by atoms with E-state index in [1.54, 1.807) is 18.2 Å². The van der Waals surface area contributed by atoms with Crippen LogP contribution >= 0.6 is 0 Å². The number of hydrogen-bond donors (Lipinski definition) is 3. The fourth-order valence-electron chi connectivity index (χ4n) is 3.56. The molecule has 2 aromatic carbocycles. The van der Waals surface area contributed by atoms with Gasteiger partial charge in [0.25, 0.3) is 5.91 Å². The van der Waals surface area contributed by atoms with Gasteiger partial charge in [-0.25, -0.2) is 0 Å². The Morgan fingerprint density at radius 3 is 2.61 bits per heavy atom. The van der Waals surface area contributed by atoms with Gasteiger partial charge in [0, 0.05) is 26.2 Å². The summed E-state index contributed by atoms with van der Waals surface area (Å²) >= 11 is 0. The van der Waals surface area contributed by atoms with Gasteiger partial charge in [-0.05, 0) is 37.1 Å². The lowest BCUT2D eigenvalue weighted by Crippen LogP contribution is -2.40. The van der Waals surface area contributed by atoms with Gasteiger partial charge in [-0.15, -0.1) is 0 Å². The Bertz CT molecular complexity index is 794. The van der Waals surface area contributed by atoms with Crippen LogP contribution in [0, 0.1) is 5.92 Å². The molecule has 0 aromatic heterocycles. The molecule has 0 radical (unpaired) electrons. The fourth-order valence-corrected chi connectivity index (χ4v) is 3.56. The molecular formula is C22H28N4O2. The van der Waals surface area contributed by atoms with Crippen LogP contribution in [-0.2, 0) is 11.3 Å². The quantitative estimate of drug-likeness (QED) is 0.687. The van der Waals surface area contributed by atoms with Crippen molar-refractivity contribution in [1.29, 1.82) is 0 Å². The molecular weight excluding hydrogens is 352 g/mol. The van der Waals surface area contributed by atoms with Gasteiger partial charge in [0.1, 0.15) is 0 Å². The van der Waals surface area contributed by atoms with Crippen molar-refractivity contribution in [1.82, 2.24) is 10.2 Å². The van der Waals surface area contributed by atoms with Crippen LogP contribution in [0.1, 0.15) is 28.8 Å². The van der Waals surface area contributed by atoms with Gasteiger partial charge in [0.05, 0.1) is 17.2 Å². The van der Waals surface area contributed by atoms with Crippen molar-refractivity contribution >= 4 is 17.5 Å². The Morgan fingerprint density at radius 2 is 1.82 bits per heavy atom. The lowest BCUT2D eigenvalue weighted by molar-refractivity contribution is -0.121. The SMILES string of the molecule is NCCNC(=O)c1ccccc1NC(=O)C1CCCN(Cc2ccccc2)C1. The number of anilines is 1. The summed E-state index contributed by atoms with van der Waals surface area (Å²) in [6.45, 7) is 3.35. The predicted octanol–water partition coefficient (Wildman–Crippen LogP) is 2.23. The summed E-state index contributed by atoms with van der Waals surface area (Å²) in [5, 5.41) is 5.72. The number of likely N-dealkylation sites (tertiary alicyclic amines) is 1. The summed E-state index contributed by atoms with van der Waals surface area (Å²) in [6.07, 6.45) is 1.85. The van der Waals surface area contributed by atoms with Crippen LogP contribution in [0.4, 0.5) is 5.69 Å². The first-order valence-corrected chi connectivity index (χ1v) is 9.82. The highest BCUT2D eigenvalue weighted by molar-refractivity contribution is 6.04. The van der Waals surface area contributed by atoms with Gasteiger partial charge in [-0.3, -0.25) is 14.5 Å². The summed E-state index contributed by atoms with van der Waals surface area (Å²) in [4.78, 5) is 27.5. The van der Waals surface area contributed by atoms with E-state index in [9.17, 15) is 9.59 Å². The zero-order valence-electron chi connectivity index (χ0n) is 16.1. The molecule has 1 saturated heterocycles. The van der Waals surface area contributed by atoms with E-state index in [2.05, 4.69) is 27.7 Å². The van der Waals surface area contributed by atoms with Gasteiger partial charge in [-0.2, -0.15) is 0 Å². The Kier molecular flexibility index (Phi) is 7.17. The van der Waals surface area contributed by atoms with E-state index in [0.717, 1.165) is 32.5 Å². The molecule has 1 fully saturated rings. The van der Waals surface area contributed by atoms with E-state index in [1.165, 1.54) is 5.56 Å². The molecule has 1 heterocycles. The van der Waals surface area contributed by atoms with Crippen molar-refractivity contribution in [3.8, 4) is 0 Å². The average Bonchev–Trinajstić information content (AvgIpc) is 2.73. The highest BCUT2D eigenvalue weighted by Gasteiger charge is 2.26. The summed E-state index contributed by atoms with van der Waals surface area (Å²) in [7, 11) is 0. The molecule has 0 saturated carbocycles. The molecule has 1 aliphatic heterocycles. The Labute approximate surface area is 166 Å². The molecule has 4 N–H and O–H groups in total. The lowest BCUT2D eigenvalue weighted by Gasteiger charge is -2.32. The van der Waals surface area contributed by atoms with Crippen LogP contribution < -0.4 is 16.4 Å². The number of nitrogens with two attached hydrogens (primary N) is 1. The zero-order chi connectivity index (χ0) is 19.8. The summed E-state index contributed by atoms with van der Waals surface area (Å²) < 4.78 is 0. The van der Waals surface area contributed by atoms with E-state index in [1.807, 2.05) is 24.3 Å². The number of amides is 2. The third kappa shape index (κ3) is 5.41. The molecule has 1 atom stereocenters. The third-order valence-electron chi connectivity index (χ3n) is 4.98. The van der Waals surface area contributed by atoms with Crippen molar-refractivity contribution in [2.75, 3.05) is 31.5 Å². The molecule has 2 aromatic rings. The van der Waals surface area contributed by atoms with Crippen LogP contribution in [0.3, 0.4) is 0 Å². The van der Waals surface area contributed by atoms with Crippen LogP contribution in [0.25, 0.3) is 0 Å². The van der Waals surface area contributed by atoms with Gasteiger partial charge in [0.15, 0.2) is 0 Å². The molecule has 0 spiro atoms. The average molecular weight is 380 g/mol. The molecule has 6 nitrogen and oxygen atoms in total. The minimum Gasteiger partial charge on any atom is -0.351 e. The maximum absolute atomic E-state index is 12.9. The molecule has 1 aliphatic rings. The Balaban J connectivity index is 1.62. The summed E-state index contributed by atoms with van der Waals surface area (Å²) in [5.41, 5.74) is 7.71. The number of nitrogens with one attached hydrogen (secondary N) is 2. The first-order valence-electron chi connectivity index (χ1n) is 9.82. The predicted molar refractivity (Wildman–Crippen MR) is 111 cm³/mol. The highest BCUT2D eigenvalue weighted by Crippen LogP contribution is 2.22. The number of benzene rings is 2. The minimum absolute atomic E-state index is 0.0307. The number of rotatable bonds is 7. The van der Waals surface area contributed by atoms with Crippen molar-refractivity contribution in [2.24, 2.45) is 11.7 Å². The van der Waals surface area contributed by atoms with Gasteiger partial charge in [0.2, 0.25) is 5.91 Å². The highest BCUT2D eigenvalue weighted by atomic mass is 16.2. The van der Waals surface area contributed by atoms with Gasteiger partial charge >= 0.3 is 0 Å². The summed E-state index contributed by atoms with van der Waals surface area (Å²) in [5.74, 6) is -0.342. The van der Waals surface area contributed by atoms with Crippen LogP contribution in [-0.4, -0.2) is 42.9 Å². The smallest absolute Gasteiger partial charge is 0.253 e. The molecule has 0 aliphatic carbocycles. The Morgan fingerprint density at radius 1 is 1.07 bits per heavy atom. The number of carbonyl (C=O) groups excluding carboxylic acids is 2. The normalized spacial score (nSPS) is 17.1. The molecule has 6 heteroatoms. The van der Waals surface area contributed by atoms with Crippen molar-refractivity contribution in [3.63, 3.8) is 0 Å². The molecule has 1 unspecified atom stereocenters. The zero-order valence-corrected chi connectivity index (χ0v) is 16.1. The lowest BCUT2D eigenvalue weighted by atomic mass is 9.96. The Hall–Kier alpha value is -2.70. The van der Waals surface area contributed by atoms with E-state index >= 15 is 0 Å². The third-order valence-corrected chi connectivity index (χ3v) is 4.98.